The van der Waals surface area contributed by atoms with Gasteiger partial charge in [0, 0.05) is 6.04 Å². The number of nitrogens with zero attached hydrogens (tertiary/aromatic N) is 1. The molecule has 1 saturated carbocycles. The molecule has 2 aromatic rings. The van der Waals surface area contributed by atoms with Crippen molar-refractivity contribution in [1.82, 2.24) is 10.2 Å². The van der Waals surface area contributed by atoms with Crippen molar-refractivity contribution in [2.24, 2.45) is 0 Å². The second-order valence-corrected chi connectivity index (χ2v) is 7.60. The lowest BCUT2D eigenvalue weighted by molar-refractivity contribution is -0.132. The highest BCUT2D eigenvalue weighted by atomic mass is 16.5. The fraction of sp³-hybridized carbons (Fsp3) is 0.391. The molecule has 4 rings (SSSR count). The van der Waals surface area contributed by atoms with E-state index in [0.717, 1.165) is 32.1 Å². The number of ether oxygens (including phenoxy) is 2. The second kappa shape index (κ2) is 7.78. The van der Waals surface area contributed by atoms with Gasteiger partial charge in [-0.2, -0.15) is 0 Å². The summed E-state index contributed by atoms with van der Waals surface area (Å²) >= 11 is 0. The number of imide groups is 1. The lowest BCUT2D eigenvalue weighted by Crippen LogP contribution is -2.46. The van der Waals surface area contributed by atoms with E-state index in [9.17, 15) is 9.59 Å². The van der Waals surface area contributed by atoms with Crippen LogP contribution in [-0.4, -0.2) is 37.1 Å². The Morgan fingerprint density at radius 3 is 1.76 bits per heavy atom. The monoisotopic (exact) mass is 394 g/mol. The molecule has 1 heterocycles. The first kappa shape index (κ1) is 19.3. The zero-order valence-corrected chi connectivity index (χ0v) is 16.8. The fourth-order valence-corrected chi connectivity index (χ4v) is 4.46. The molecule has 29 heavy (non-hydrogen) atoms. The molecule has 3 amide bonds. The summed E-state index contributed by atoms with van der Waals surface area (Å²) in [5, 5.41) is 3.03. The van der Waals surface area contributed by atoms with Crippen molar-refractivity contribution < 1.29 is 19.1 Å². The van der Waals surface area contributed by atoms with E-state index >= 15 is 0 Å². The highest BCUT2D eigenvalue weighted by molar-refractivity contribution is 6.10. The van der Waals surface area contributed by atoms with Crippen molar-refractivity contribution >= 4 is 11.9 Å². The van der Waals surface area contributed by atoms with Gasteiger partial charge in [-0.25, -0.2) is 4.79 Å². The molecule has 0 radical (unpaired) electrons. The van der Waals surface area contributed by atoms with E-state index in [4.69, 9.17) is 9.47 Å². The van der Waals surface area contributed by atoms with Crippen molar-refractivity contribution in [3.05, 3.63) is 59.7 Å². The summed E-state index contributed by atoms with van der Waals surface area (Å²) in [5.41, 5.74) is 0.160. The summed E-state index contributed by atoms with van der Waals surface area (Å²) in [6.07, 6.45) is 4.96. The molecule has 1 aliphatic heterocycles. The summed E-state index contributed by atoms with van der Waals surface area (Å²) in [4.78, 5) is 28.3. The molecule has 0 spiro atoms. The van der Waals surface area contributed by atoms with Crippen LogP contribution < -0.4 is 14.8 Å². The molecular weight excluding hydrogens is 368 g/mol. The molecule has 0 aromatic heterocycles. The van der Waals surface area contributed by atoms with E-state index in [2.05, 4.69) is 5.32 Å². The molecule has 0 atom stereocenters. The van der Waals surface area contributed by atoms with E-state index in [1.54, 1.807) is 14.2 Å². The fourth-order valence-electron chi connectivity index (χ4n) is 4.46. The zero-order valence-electron chi connectivity index (χ0n) is 16.8. The number of amides is 3. The average molecular weight is 394 g/mol. The quantitative estimate of drug-likeness (QED) is 0.783. The number of nitrogens with one attached hydrogen (secondary N) is 1. The number of hydrogen-bond donors (Lipinski definition) is 1. The topological polar surface area (TPSA) is 67.9 Å². The van der Waals surface area contributed by atoms with Gasteiger partial charge in [0.1, 0.15) is 11.5 Å². The van der Waals surface area contributed by atoms with Crippen LogP contribution in [-0.2, 0) is 10.3 Å². The van der Waals surface area contributed by atoms with Gasteiger partial charge in [0.05, 0.1) is 14.2 Å². The summed E-state index contributed by atoms with van der Waals surface area (Å²) in [6.45, 7) is 0. The van der Waals surface area contributed by atoms with Crippen molar-refractivity contribution in [3.8, 4) is 11.5 Å². The number of carbonyl (C=O) groups is 2. The predicted octanol–water partition coefficient (Wildman–Crippen LogP) is 3.83. The summed E-state index contributed by atoms with van der Waals surface area (Å²) in [5.74, 6) is 1.17. The van der Waals surface area contributed by atoms with Gasteiger partial charge >= 0.3 is 6.03 Å². The molecule has 1 aliphatic carbocycles. The van der Waals surface area contributed by atoms with E-state index < -0.39 is 5.54 Å². The molecule has 2 aromatic carbocycles. The third-order valence-corrected chi connectivity index (χ3v) is 6.04. The van der Waals surface area contributed by atoms with Crippen LogP contribution in [0.3, 0.4) is 0 Å². The lowest BCUT2D eigenvalue weighted by Gasteiger charge is -2.31. The molecule has 1 N–H and O–H groups in total. The molecule has 152 valence electrons. The van der Waals surface area contributed by atoms with Crippen molar-refractivity contribution in [2.45, 2.75) is 43.7 Å². The first-order valence-electron chi connectivity index (χ1n) is 10.0. The Morgan fingerprint density at radius 1 is 0.828 bits per heavy atom. The van der Waals surface area contributed by atoms with Gasteiger partial charge in [0.25, 0.3) is 5.91 Å². The highest BCUT2D eigenvalue weighted by Crippen LogP contribution is 2.39. The SMILES string of the molecule is COc1ccc(C2(c3ccc(OC)cc3)NC(=O)N(C3CCCCC3)C2=O)cc1. The standard InChI is InChI=1S/C23H26N2O4/c1-28-19-12-8-16(9-13-19)23(17-10-14-20(29-2)15-11-17)21(26)25(22(27)24-23)18-6-4-3-5-7-18/h8-15,18H,3-7H2,1-2H3,(H,24,27). The lowest BCUT2D eigenvalue weighted by atomic mass is 9.82. The van der Waals surface area contributed by atoms with Gasteiger partial charge in [0.15, 0.2) is 5.54 Å². The Balaban J connectivity index is 1.81. The Morgan fingerprint density at radius 2 is 1.31 bits per heavy atom. The Kier molecular flexibility index (Phi) is 5.18. The van der Waals surface area contributed by atoms with E-state index in [0.29, 0.717) is 22.6 Å². The van der Waals surface area contributed by atoms with Gasteiger partial charge in [-0.3, -0.25) is 9.69 Å². The molecule has 2 fully saturated rings. The molecule has 1 saturated heterocycles. The Bertz CT molecular complexity index is 839. The van der Waals surface area contributed by atoms with Crippen LogP contribution in [0.1, 0.15) is 43.2 Å². The number of rotatable bonds is 5. The molecular formula is C23H26N2O4. The highest BCUT2D eigenvalue weighted by Gasteiger charge is 2.55. The molecule has 6 heteroatoms. The van der Waals surface area contributed by atoms with Crippen LogP contribution in [0.25, 0.3) is 0 Å². The van der Waals surface area contributed by atoms with E-state index in [-0.39, 0.29) is 18.0 Å². The van der Waals surface area contributed by atoms with Crippen LogP contribution >= 0.6 is 0 Å². The molecule has 0 unspecified atom stereocenters. The minimum absolute atomic E-state index is 0.0466. The van der Waals surface area contributed by atoms with Crippen molar-refractivity contribution in [3.63, 3.8) is 0 Å². The number of urea groups is 1. The maximum atomic E-state index is 13.8. The summed E-state index contributed by atoms with van der Waals surface area (Å²) in [7, 11) is 3.20. The van der Waals surface area contributed by atoms with Gasteiger partial charge in [-0.1, -0.05) is 43.5 Å². The average Bonchev–Trinajstić information content (AvgIpc) is 3.05. The van der Waals surface area contributed by atoms with Crippen LogP contribution in [0.5, 0.6) is 11.5 Å². The van der Waals surface area contributed by atoms with Gasteiger partial charge in [-0.15, -0.1) is 0 Å². The minimum atomic E-state index is -1.26. The second-order valence-electron chi connectivity index (χ2n) is 7.60. The largest absolute Gasteiger partial charge is 0.497 e. The zero-order chi connectivity index (χ0) is 20.4. The Labute approximate surface area is 170 Å². The number of methoxy groups -OCH3 is 2. The first-order chi connectivity index (χ1) is 14.1. The number of benzene rings is 2. The van der Waals surface area contributed by atoms with E-state index in [1.807, 2.05) is 48.5 Å². The first-order valence-corrected chi connectivity index (χ1v) is 10.0. The molecule has 6 nitrogen and oxygen atoms in total. The van der Waals surface area contributed by atoms with E-state index in [1.165, 1.54) is 4.90 Å². The molecule has 0 bridgehead atoms. The van der Waals surface area contributed by atoms with Crippen LogP contribution in [0.15, 0.2) is 48.5 Å². The van der Waals surface area contributed by atoms with Crippen LogP contribution in [0.4, 0.5) is 4.79 Å². The van der Waals surface area contributed by atoms with Gasteiger partial charge in [-0.05, 0) is 48.2 Å². The minimum Gasteiger partial charge on any atom is -0.497 e. The normalized spacial score (nSPS) is 19.2. The molecule has 2 aliphatic rings. The van der Waals surface area contributed by atoms with Crippen LogP contribution in [0, 0.1) is 0 Å². The smallest absolute Gasteiger partial charge is 0.325 e. The predicted molar refractivity (Wildman–Crippen MR) is 109 cm³/mol. The van der Waals surface area contributed by atoms with Crippen LogP contribution in [0.2, 0.25) is 0 Å². The maximum Gasteiger partial charge on any atom is 0.325 e. The van der Waals surface area contributed by atoms with Gasteiger partial charge < -0.3 is 14.8 Å². The Hall–Kier alpha value is -3.02. The summed E-state index contributed by atoms with van der Waals surface area (Å²) in [6, 6.07) is 14.2. The van der Waals surface area contributed by atoms with Crippen molar-refractivity contribution in [2.75, 3.05) is 14.2 Å². The number of hydrogen-bond acceptors (Lipinski definition) is 4. The van der Waals surface area contributed by atoms with Gasteiger partial charge in [0.2, 0.25) is 0 Å². The maximum absolute atomic E-state index is 13.8. The third kappa shape index (κ3) is 3.22. The third-order valence-electron chi connectivity index (χ3n) is 6.04. The number of carbonyl (C=O) groups excluding carboxylic acids is 2. The summed E-state index contributed by atoms with van der Waals surface area (Å²) < 4.78 is 10.5. The van der Waals surface area contributed by atoms with Crippen molar-refractivity contribution in [1.29, 1.82) is 0 Å².